The number of aryl methyl sites for hydroxylation is 1. The molecule has 4 heterocycles. The van der Waals surface area contributed by atoms with E-state index in [0.717, 1.165) is 67.4 Å². The molecule has 0 spiro atoms. The van der Waals surface area contributed by atoms with Gasteiger partial charge in [-0.25, -0.2) is 9.97 Å². The van der Waals surface area contributed by atoms with Gasteiger partial charge in [0.25, 0.3) is 5.91 Å². The van der Waals surface area contributed by atoms with E-state index >= 15 is 0 Å². The van der Waals surface area contributed by atoms with Gasteiger partial charge in [-0.2, -0.15) is 0 Å². The van der Waals surface area contributed by atoms with Gasteiger partial charge in [-0.05, 0) is 51.1 Å². The number of piperidine rings is 1. The van der Waals surface area contributed by atoms with E-state index in [0.29, 0.717) is 18.8 Å². The highest BCUT2D eigenvalue weighted by atomic mass is 16.5. The molecule has 0 aliphatic carbocycles. The van der Waals surface area contributed by atoms with Gasteiger partial charge in [-0.1, -0.05) is 25.9 Å². The minimum atomic E-state index is -0.155. The number of piperazine rings is 1. The monoisotopic (exact) mass is 502 g/mol. The predicted molar refractivity (Wildman–Crippen MR) is 145 cm³/mol. The fourth-order valence-corrected chi connectivity index (χ4v) is 5.17. The second-order valence-corrected chi connectivity index (χ2v) is 11.5. The van der Waals surface area contributed by atoms with E-state index in [1.165, 1.54) is 5.69 Å². The molecule has 2 fully saturated rings. The zero-order chi connectivity index (χ0) is 26.2. The first-order valence-electron chi connectivity index (χ1n) is 13.3. The SMILES string of the molecule is Cc1cc(-c2cnc(C(C)(C)C)nc2C2CCN(C(=O)c3ccc(N4CCN(C)CC4)cc3)CC2)on1. The summed E-state index contributed by atoms with van der Waals surface area (Å²) in [5.41, 5.74) is 4.53. The highest BCUT2D eigenvalue weighted by molar-refractivity contribution is 5.94. The van der Waals surface area contributed by atoms with Crippen molar-refractivity contribution in [1.29, 1.82) is 0 Å². The quantitative estimate of drug-likeness (QED) is 0.519. The second-order valence-electron chi connectivity index (χ2n) is 11.5. The lowest BCUT2D eigenvalue weighted by Gasteiger charge is -2.34. The van der Waals surface area contributed by atoms with Crippen molar-refractivity contribution in [2.75, 3.05) is 51.2 Å². The van der Waals surface area contributed by atoms with Crippen molar-refractivity contribution in [1.82, 2.24) is 24.9 Å². The highest BCUT2D eigenvalue weighted by Gasteiger charge is 2.30. The first-order chi connectivity index (χ1) is 17.7. The van der Waals surface area contributed by atoms with Crippen molar-refractivity contribution in [3.05, 3.63) is 59.3 Å². The van der Waals surface area contributed by atoms with Crippen LogP contribution in [0.5, 0.6) is 0 Å². The topological polar surface area (TPSA) is 78.6 Å². The number of amides is 1. The Balaban J connectivity index is 1.28. The summed E-state index contributed by atoms with van der Waals surface area (Å²) in [6, 6.07) is 10.1. The lowest BCUT2D eigenvalue weighted by atomic mass is 9.88. The summed E-state index contributed by atoms with van der Waals surface area (Å²) in [6.45, 7) is 13.9. The maximum Gasteiger partial charge on any atom is 0.253 e. The molecule has 2 aromatic heterocycles. The number of nitrogens with zero attached hydrogens (tertiary/aromatic N) is 6. The number of benzene rings is 1. The molecule has 0 atom stereocenters. The molecule has 196 valence electrons. The molecular formula is C29H38N6O2. The lowest BCUT2D eigenvalue weighted by Crippen LogP contribution is -2.44. The van der Waals surface area contributed by atoms with Crippen molar-refractivity contribution in [3.63, 3.8) is 0 Å². The van der Waals surface area contributed by atoms with Crippen LogP contribution in [0.4, 0.5) is 5.69 Å². The molecule has 2 aliphatic rings. The van der Waals surface area contributed by atoms with Gasteiger partial charge in [0.05, 0.1) is 17.0 Å². The number of hydrogen-bond acceptors (Lipinski definition) is 7. The summed E-state index contributed by atoms with van der Waals surface area (Å²) < 4.78 is 5.58. The smallest absolute Gasteiger partial charge is 0.253 e. The fourth-order valence-electron chi connectivity index (χ4n) is 5.17. The molecule has 5 rings (SSSR count). The van der Waals surface area contributed by atoms with Crippen molar-refractivity contribution in [2.24, 2.45) is 0 Å². The maximum atomic E-state index is 13.3. The predicted octanol–water partition coefficient (Wildman–Crippen LogP) is 4.51. The fraction of sp³-hybridized carbons (Fsp3) is 0.517. The maximum absolute atomic E-state index is 13.3. The Morgan fingerprint density at radius 2 is 1.68 bits per heavy atom. The van der Waals surface area contributed by atoms with Crippen LogP contribution < -0.4 is 4.90 Å². The Bertz CT molecular complexity index is 1230. The van der Waals surface area contributed by atoms with Crippen molar-refractivity contribution >= 4 is 11.6 Å². The Morgan fingerprint density at radius 3 is 2.27 bits per heavy atom. The molecule has 2 aliphatic heterocycles. The Hall–Kier alpha value is -3.26. The van der Waals surface area contributed by atoms with Gasteiger partial charge < -0.3 is 19.2 Å². The first-order valence-corrected chi connectivity index (χ1v) is 13.3. The summed E-state index contributed by atoms with van der Waals surface area (Å²) in [7, 11) is 2.16. The van der Waals surface area contributed by atoms with Gasteiger partial charge in [0, 0.05) is 74.1 Å². The number of likely N-dealkylation sites (tertiary alicyclic amines) is 1. The van der Waals surface area contributed by atoms with E-state index in [2.05, 4.69) is 59.9 Å². The molecule has 0 radical (unpaired) electrons. The van der Waals surface area contributed by atoms with Gasteiger partial charge in [0.2, 0.25) is 0 Å². The van der Waals surface area contributed by atoms with Crippen molar-refractivity contribution < 1.29 is 9.32 Å². The minimum Gasteiger partial charge on any atom is -0.369 e. The van der Waals surface area contributed by atoms with E-state index in [9.17, 15) is 4.79 Å². The molecule has 8 nitrogen and oxygen atoms in total. The van der Waals surface area contributed by atoms with Crippen molar-refractivity contribution in [2.45, 2.75) is 51.9 Å². The number of anilines is 1. The molecule has 8 heteroatoms. The van der Waals surface area contributed by atoms with Crippen LogP contribution in [-0.4, -0.2) is 77.1 Å². The molecule has 0 bridgehead atoms. The average Bonchev–Trinajstić information content (AvgIpc) is 3.34. The van der Waals surface area contributed by atoms with E-state index in [1.807, 2.05) is 36.2 Å². The highest BCUT2D eigenvalue weighted by Crippen LogP contribution is 2.36. The second kappa shape index (κ2) is 10.2. The van der Waals surface area contributed by atoms with Gasteiger partial charge in [-0.15, -0.1) is 0 Å². The van der Waals surface area contributed by atoms with Crippen molar-refractivity contribution in [3.8, 4) is 11.3 Å². The Labute approximate surface area is 219 Å². The van der Waals surface area contributed by atoms with Crippen LogP contribution in [-0.2, 0) is 5.41 Å². The Kier molecular flexibility index (Phi) is 7.03. The number of hydrogen-bond donors (Lipinski definition) is 0. The Morgan fingerprint density at radius 1 is 1.00 bits per heavy atom. The zero-order valence-electron chi connectivity index (χ0n) is 22.7. The summed E-state index contributed by atoms with van der Waals surface area (Å²) in [4.78, 5) is 29.7. The average molecular weight is 503 g/mol. The summed E-state index contributed by atoms with van der Waals surface area (Å²) in [5, 5.41) is 4.07. The number of carbonyl (C=O) groups is 1. The third-order valence-electron chi connectivity index (χ3n) is 7.53. The number of likely N-dealkylation sites (N-methyl/N-ethyl adjacent to an activating group) is 1. The van der Waals surface area contributed by atoms with Crippen LogP contribution in [0.15, 0.2) is 41.1 Å². The largest absolute Gasteiger partial charge is 0.369 e. The van der Waals surface area contributed by atoms with E-state index in [-0.39, 0.29) is 17.2 Å². The molecule has 0 unspecified atom stereocenters. The number of rotatable bonds is 4. The van der Waals surface area contributed by atoms with Crippen LogP contribution in [0.25, 0.3) is 11.3 Å². The zero-order valence-corrected chi connectivity index (χ0v) is 22.7. The normalized spacial score (nSPS) is 17.9. The molecular weight excluding hydrogens is 464 g/mol. The minimum absolute atomic E-state index is 0.104. The lowest BCUT2D eigenvalue weighted by molar-refractivity contribution is 0.0712. The number of carbonyl (C=O) groups excluding carboxylic acids is 1. The van der Waals surface area contributed by atoms with Crippen LogP contribution in [0.2, 0.25) is 0 Å². The standard InChI is InChI=1S/C29H38N6O2/c1-20-18-25(37-32-20)24-19-30-28(29(2,3)4)31-26(24)21-10-12-35(13-11-21)27(36)22-6-8-23(9-7-22)34-16-14-33(5)15-17-34/h6-9,18-19,21H,10-17H2,1-5H3. The molecule has 0 saturated carbocycles. The molecule has 2 saturated heterocycles. The summed E-state index contributed by atoms with van der Waals surface area (Å²) >= 11 is 0. The number of aromatic nitrogens is 3. The first kappa shape index (κ1) is 25.4. The van der Waals surface area contributed by atoms with Crippen LogP contribution in [0, 0.1) is 6.92 Å². The molecule has 1 amide bonds. The van der Waals surface area contributed by atoms with E-state index in [4.69, 9.17) is 9.51 Å². The van der Waals surface area contributed by atoms with Gasteiger partial charge in [0.1, 0.15) is 5.82 Å². The van der Waals surface area contributed by atoms with Gasteiger partial charge in [-0.3, -0.25) is 4.79 Å². The third-order valence-corrected chi connectivity index (χ3v) is 7.53. The molecule has 1 aromatic carbocycles. The summed E-state index contributed by atoms with van der Waals surface area (Å²) in [6.07, 6.45) is 3.58. The van der Waals surface area contributed by atoms with Crippen LogP contribution >= 0.6 is 0 Å². The van der Waals surface area contributed by atoms with Gasteiger partial charge in [0.15, 0.2) is 5.76 Å². The van der Waals surface area contributed by atoms with E-state index in [1.54, 1.807) is 0 Å². The van der Waals surface area contributed by atoms with Gasteiger partial charge >= 0.3 is 0 Å². The molecule has 0 N–H and O–H groups in total. The van der Waals surface area contributed by atoms with E-state index < -0.39 is 0 Å². The van der Waals surface area contributed by atoms with Crippen LogP contribution in [0.3, 0.4) is 0 Å². The van der Waals surface area contributed by atoms with Crippen LogP contribution in [0.1, 0.15) is 67.1 Å². The third kappa shape index (κ3) is 5.54. The molecule has 3 aromatic rings. The molecule has 37 heavy (non-hydrogen) atoms. The summed E-state index contributed by atoms with van der Waals surface area (Å²) in [5.74, 6) is 1.86.